The molecule has 0 spiro atoms. The molecule has 0 saturated heterocycles. The highest BCUT2D eigenvalue weighted by Gasteiger charge is 2.19. The predicted molar refractivity (Wildman–Crippen MR) is 66.5 cm³/mol. The van der Waals surface area contributed by atoms with Crippen LogP contribution in [-0.2, 0) is 0 Å². The molecule has 1 saturated carbocycles. The maximum atomic E-state index is 9.89. The third-order valence-electron chi connectivity index (χ3n) is 3.49. The van der Waals surface area contributed by atoms with Gasteiger partial charge in [0.15, 0.2) is 0 Å². The Morgan fingerprint density at radius 2 is 2.00 bits per heavy atom. The van der Waals surface area contributed by atoms with E-state index < -0.39 is 0 Å². The molecule has 2 heteroatoms. The van der Waals surface area contributed by atoms with Crippen LogP contribution in [0.1, 0.15) is 49.3 Å². The summed E-state index contributed by atoms with van der Waals surface area (Å²) in [5.74, 6) is 0.778. The highest BCUT2D eigenvalue weighted by Crippen LogP contribution is 2.36. The van der Waals surface area contributed by atoms with Crippen molar-refractivity contribution in [3.8, 4) is 0 Å². The van der Waals surface area contributed by atoms with Crippen molar-refractivity contribution >= 4 is 0 Å². The summed E-state index contributed by atoms with van der Waals surface area (Å²) in [6.07, 6.45) is 3.66. The van der Waals surface area contributed by atoms with Gasteiger partial charge in [0.2, 0.25) is 0 Å². The van der Waals surface area contributed by atoms with Gasteiger partial charge in [-0.3, -0.25) is 0 Å². The van der Waals surface area contributed by atoms with Crippen LogP contribution in [0.3, 0.4) is 0 Å². The van der Waals surface area contributed by atoms with Crippen molar-refractivity contribution in [1.82, 2.24) is 5.32 Å². The molecule has 2 rings (SSSR count). The van der Waals surface area contributed by atoms with Gasteiger partial charge in [0, 0.05) is 6.54 Å². The summed E-state index contributed by atoms with van der Waals surface area (Å²) in [5, 5.41) is 13.0. The summed E-state index contributed by atoms with van der Waals surface area (Å²) in [5.41, 5.74) is 2.45. The third-order valence-corrected chi connectivity index (χ3v) is 3.49. The van der Waals surface area contributed by atoms with E-state index in [1.807, 2.05) is 6.92 Å². The number of hydrogen-bond donors (Lipinski definition) is 2. The van der Waals surface area contributed by atoms with Gasteiger partial charge in [-0.05, 0) is 36.4 Å². The van der Waals surface area contributed by atoms with E-state index in [9.17, 15) is 5.11 Å². The van der Waals surface area contributed by atoms with Crippen LogP contribution in [0.2, 0.25) is 0 Å². The first kappa shape index (κ1) is 11.6. The van der Waals surface area contributed by atoms with Crippen LogP contribution in [0.4, 0.5) is 0 Å². The minimum atomic E-state index is -0.379. The summed E-state index contributed by atoms with van der Waals surface area (Å²) in [6.45, 7) is 3.59. The Hall–Kier alpha value is -0.860. The molecule has 0 amide bonds. The molecule has 1 aliphatic carbocycles. The number of nitrogens with one attached hydrogen (secondary N) is 1. The lowest BCUT2D eigenvalue weighted by atomic mass is 9.80. The van der Waals surface area contributed by atoms with Gasteiger partial charge in [0.1, 0.15) is 0 Å². The number of benzene rings is 1. The fraction of sp³-hybridized carbons (Fsp3) is 0.571. The highest BCUT2D eigenvalue weighted by molar-refractivity contribution is 5.27. The van der Waals surface area contributed by atoms with Crippen molar-refractivity contribution in [2.45, 2.75) is 38.2 Å². The molecule has 1 unspecified atom stereocenters. The molecule has 0 aliphatic heterocycles. The number of rotatable bonds is 5. The first-order chi connectivity index (χ1) is 7.81. The van der Waals surface area contributed by atoms with Gasteiger partial charge in [-0.2, -0.15) is 0 Å². The summed E-state index contributed by atoms with van der Waals surface area (Å²) in [6, 6.07) is 8.48. The smallest absolute Gasteiger partial charge is 0.0914 e. The van der Waals surface area contributed by atoms with Gasteiger partial charge in [-0.25, -0.2) is 0 Å². The Kier molecular flexibility index (Phi) is 3.97. The predicted octanol–water partition coefficient (Wildman–Crippen LogP) is 2.60. The number of aliphatic hydroxyl groups excluding tert-OH is 1. The van der Waals surface area contributed by atoms with Crippen LogP contribution in [-0.4, -0.2) is 18.2 Å². The molecule has 88 valence electrons. The topological polar surface area (TPSA) is 32.3 Å². The second kappa shape index (κ2) is 5.46. The molecular formula is C14H21NO. The zero-order chi connectivity index (χ0) is 11.4. The van der Waals surface area contributed by atoms with Crippen molar-refractivity contribution in [3.05, 3.63) is 35.4 Å². The van der Waals surface area contributed by atoms with Crippen molar-refractivity contribution in [1.29, 1.82) is 0 Å². The normalized spacial score (nSPS) is 18.1. The third kappa shape index (κ3) is 2.63. The second-order valence-electron chi connectivity index (χ2n) is 4.62. The van der Waals surface area contributed by atoms with E-state index in [1.54, 1.807) is 0 Å². The van der Waals surface area contributed by atoms with Crippen LogP contribution in [0.25, 0.3) is 0 Å². The Morgan fingerprint density at radius 1 is 1.31 bits per heavy atom. The standard InChI is InChI=1S/C14H21NO/c1-2-15-10-14(16)13-8-6-12(7-9-13)11-4-3-5-11/h6-9,11,14-16H,2-5,10H2,1H3. The van der Waals surface area contributed by atoms with Crippen LogP contribution >= 0.6 is 0 Å². The summed E-state index contributed by atoms with van der Waals surface area (Å²) < 4.78 is 0. The maximum Gasteiger partial charge on any atom is 0.0914 e. The second-order valence-corrected chi connectivity index (χ2v) is 4.62. The summed E-state index contributed by atoms with van der Waals surface area (Å²) in [4.78, 5) is 0. The lowest BCUT2D eigenvalue weighted by Crippen LogP contribution is -2.20. The van der Waals surface area contributed by atoms with Crippen molar-refractivity contribution in [2.24, 2.45) is 0 Å². The zero-order valence-electron chi connectivity index (χ0n) is 9.95. The van der Waals surface area contributed by atoms with Crippen molar-refractivity contribution < 1.29 is 5.11 Å². The molecule has 16 heavy (non-hydrogen) atoms. The largest absolute Gasteiger partial charge is 0.387 e. The van der Waals surface area contributed by atoms with E-state index in [-0.39, 0.29) is 6.10 Å². The Balaban J connectivity index is 1.95. The van der Waals surface area contributed by atoms with E-state index in [0.717, 1.165) is 18.0 Å². The zero-order valence-corrected chi connectivity index (χ0v) is 9.95. The van der Waals surface area contributed by atoms with Crippen LogP contribution < -0.4 is 5.32 Å². The van der Waals surface area contributed by atoms with Gasteiger partial charge >= 0.3 is 0 Å². The number of aliphatic hydroxyl groups is 1. The van der Waals surface area contributed by atoms with Gasteiger partial charge < -0.3 is 10.4 Å². The molecule has 0 aromatic heterocycles. The first-order valence-electron chi connectivity index (χ1n) is 6.30. The Labute approximate surface area is 97.7 Å². The fourth-order valence-electron chi connectivity index (χ4n) is 2.13. The maximum absolute atomic E-state index is 9.89. The minimum absolute atomic E-state index is 0.379. The van der Waals surface area contributed by atoms with Gasteiger partial charge in [-0.15, -0.1) is 0 Å². The average molecular weight is 219 g/mol. The van der Waals surface area contributed by atoms with E-state index >= 15 is 0 Å². The SMILES string of the molecule is CCNCC(O)c1ccc(C2CCC2)cc1. The average Bonchev–Trinajstić information content (AvgIpc) is 2.24. The lowest BCUT2D eigenvalue weighted by molar-refractivity contribution is 0.175. The molecule has 2 N–H and O–H groups in total. The molecule has 0 heterocycles. The molecule has 1 aromatic rings. The van der Waals surface area contributed by atoms with Crippen LogP contribution in [0.5, 0.6) is 0 Å². The number of likely N-dealkylation sites (N-methyl/N-ethyl adjacent to an activating group) is 1. The first-order valence-corrected chi connectivity index (χ1v) is 6.30. The Morgan fingerprint density at radius 3 is 2.50 bits per heavy atom. The molecule has 1 atom stereocenters. The van der Waals surface area contributed by atoms with Gasteiger partial charge in [0.25, 0.3) is 0 Å². The quantitative estimate of drug-likeness (QED) is 0.798. The van der Waals surface area contributed by atoms with E-state index in [4.69, 9.17) is 0 Å². The molecule has 0 bridgehead atoms. The van der Waals surface area contributed by atoms with Crippen LogP contribution in [0, 0.1) is 0 Å². The molecule has 1 fully saturated rings. The minimum Gasteiger partial charge on any atom is -0.387 e. The highest BCUT2D eigenvalue weighted by atomic mass is 16.3. The molecule has 0 radical (unpaired) electrons. The van der Waals surface area contributed by atoms with Crippen molar-refractivity contribution in [2.75, 3.05) is 13.1 Å². The van der Waals surface area contributed by atoms with E-state index in [1.165, 1.54) is 24.8 Å². The lowest BCUT2D eigenvalue weighted by Gasteiger charge is -2.26. The van der Waals surface area contributed by atoms with Crippen molar-refractivity contribution in [3.63, 3.8) is 0 Å². The van der Waals surface area contributed by atoms with E-state index in [2.05, 4.69) is 29.6 Å². The number of hydrogen-bond acceptors (Lipinski definition) is 2. The van der Waals surface area contributed by atoms with E-state index in [0.29, 0.717) is 6.54 Å². The van der Waals surface area contributed by atoms with Crippen LogP contribution in [0.15, 0.2) is 24.3 Å². The van der Waals surface area contributed by atoms with Gasteiger partial charge in [-0.1, -0.05) is 37.6 Å². The summed E-state index contributed by atoms with van der Waals surface area (Å²) >= 11 is 0. The molecule has 1 aromatic carbocycles. The Bertz CT molecular complexity index is 316. The fourth-order valence-corrected chi connectivity index (χ4v) is 2.13. The monoisotopic (exact) mass is 219 g/mol. The molecular weight excluding hydrogens is 198 g/mol. The molecule has 1 aliphatic rings. The van der Waals surface area contributed by atoms with Gasteiger partial charge in [0.05, 0.1) is 6.10 Å². The summed E-state index contributed by atoms with van der Waals surface area (Å²) in [7, 11) is 0. The molecule has 2 nitrogen and oxygen atoms in total.